The lowest BCUT2D eigenvalue weighted by molar-refractivity contribution is -0.0765. The maximum absolute atomic E-state index is 12.5. The number of methoxy groups -OCH3 is 1. The summed E-state index contributed by atoms with van der Waals surface area (Å²) in [6.07, 6.45) is 1.10. The average Bonchev–Trinajstić information content (AvgIpc) is 3.36. The van der Waals surface area contributed by atoms with Crippen molar-refractivity contribution in [3.8, 4) is 0 Å². The molecule has 1 aliphatic rings. The molecule has 2 N–H and O–H groups in total. The summed E-state index contributed by atoms with van der Waals surface area (Å²) >= 11 is 0. The first-order chi connectivity index (χ1) is 15.1. The molecule has 1 aromatic carbocycles. The van der Waals surface area contributed by atoms with Crippen molar-refractivity contribution in [1.29, 1.82) is 0 Å². The van der Waals surface area contributed by atoms with Crippen molar-refractivity contribution in [3.63, 3.8) is 0 Å². The second-order valence-electron chi connectivity index (χ2n) is 7.16. The Kier molecular flexibility index (Phi) is 6.52. The number of imidazole rings is 1. The van der Waals surface area contributed by atoms with Crippen LogP contribution in [0.3, 0.4) is 0 Å². The van der Waals surface area contributed by atoms with Crippen LogP contribution >= 0.6 is 0 Å². The van der Waals surface area contributed by atoms with E-state index in [2.05, 4.69) is 20.3 Å². The number of hydrogen-bond donors (Lipinski definition) is 2. The zero-order chi connectivity index (χ0) is 21.8. The second-order valence-corrected chi connectivity index (χ2v) is 7.16. The molecule has 10 nitrogen and oxygen atoms in total. The van der Waals surface area contributed by atoms with E-state index in [-0.39, 0.29) is 12.0 Å². The first-order valence-corrected chi connectivity index (χ1v) is 10.1. The number of rotatable bonds is 8. The van der Waals surface area contributed by atoms with Gasteiger partial charge in [-0.3, -0.25) is 9.36 Å². The van der Waals surface area contributed by atoms with Crippen LogP contribution in [-0.4, -0.2) is 69.2 Å². The minimum Gasteiger partial charge on any atom is -0.388 e. The number of aliphatic hydroxyl groups excluding tert-OH is 1. The number of aromatic nitrogens is 4. The number of benzene rings is 1. The molecular weight excluding hydrogens is 402 g/mol. The van der Waals surface area contributed by atoms with Crippen LogP contribution in [0.2, 0.25) is 0 Å². The highest BCUT2D eigenvalue weighted by Crippen LogP contribution is 2.35. The first kappa shape index (κ1) is 21.3. The van der Waals surface area contributed by atoms with E-state index in [9.17, 15) is 9.90 Å². The number of aliphatic hydroxyl groups is 1. The third kappa shape index (κ3) is 4.28. The van der Waals surface area contributed by atoms with E-state index in [4.69, 9.17) is 14.2 Å². The Labute approximate surface area is 179 Å². The Morgan fingerprint density at radius 2 is 2.03 bits per heavy atom. The number of carbonyl (C=O) groups excluding carboxylic acids is 1. The van der Waals surface area contributed by atoms with Gasteiger partial charge in [-0.2, -0.15) is 0 Å². The molecule has 0 saturated carbocycles. The molecule has 1 aliphatic heterocycles. The summed E-state index contributed by atoms with van der Waals surface area (Å²) in [5.74, 6) is -0.00504. The fraction of sp³-hybridized carbons (Fsp3) is 0.429. The van der Waals surface area contributed by atoms with Crippen LogP contribution in [0.1, 0.15) is 29.9 Å². The maximum Gasteiger partial charge on any atom is 0.256 e. The van der Waals surface area contributed by atoms with Gasteiger partial charge in [-0.05, 0) is 18.6 Å². The van der Waals surface area contributed by atoms with E-state index >= 15 is 0 Å². The molecule has 0 unspecified atom stereocenters. The smallest absolute Gasteiger partial charge is 0.256 e. The molecule has 164 valence electrons. The average molecular weight is 427 g/mol. The van der Waals surface area contributed by atoms with Gasteiger partial charge in [-0.15, -0.1) is 0 Å². The van der Waals surface area contributed by atoms with Gasteiger partial charge in [-0.1, -0.05) is 25.1 Å². The zero-order valence-corrected chi connectivity index (χ0v) is 17.3. The highest BCUT2D eigenvalue weighted by molar-refractivity contribution is 6.06. The number of hydrogen-bond acceptors (Lipinski definition) is 8. The summed E-state index contributed by atoms with van der Waals surface area (Å²) in [6.45, 7) is 2.65. The lowest BCUT2D eigenvalue weighted by atomic mass is 10.1. The van der Waals surface area contributed by atoms with Crippen LogP contribution < -0.4 is 5.32 Å². The minimum absolute atomic E-state index is 0.292. The molecule has 10 heteroatoms. The molecule has 1 saturated heterocycles. The van der Waals surface area contributed by atoms with Crippen LogP contribution in [-0.2, 0) is 14.2 Å². The Balaban J connectivity index is 1.62. The Morgan fingerprint density at radius 3 is 2.77 bits per heavy atom. The van der Waals surface area contributed by atoms with Gasteiger partial charge in [0.15, 0.2) is 23.2 Å². The van der Waals surface area contributed by atoms with Gasteiger partial charge < -0.3 is 24.6 Å². The summed E-state index contributed by atoms with van der Waals surface area (Å²) in [5.41, 5.74) is 1.39. The number of fused-ring (bicyclic) bond motifs is 1. The second kappa shape index (κ2) is 9.48. The molecule has 0 spiro atoms. The maximum atomic E-state index is 12.5. The fourth-order valence-corrected chi connectivity index (χ4v) is 3.63. The third-order valence-electron chi connectivity index (χ3n) is 5.21. The Morgan fingerprint density at radius 1 is 1.23 bits per heavy atom. The number of nitrogens with one attached hydrogen (secondary N) is 1. The topological polar surface area (TPSA) is 121 Å². The first-order valence-electron chi connectivity index (χ1n) is 10.1. The van der Waals surface area contributed by atoms with Gasteiger partial charge in [0.05, 0.1) is 25.6 Å². The molecule has 2 aromatic heterocycles. The number of nitrogens with zero attached hydrogens (tertiary/aromatic N) is 4. The minimum atomic E-state index is -0.802. The molecule has 4 rings (SSSR count). The van der Waals surface area contributed by atoms with E-state index < -0.39 is 18.4 Å². The normalized spacial score (nSPS) is 23.3. The summed E-state index contributed by atoms with van der Waals surface area (Å²) in [6, 6.07) is 8.84. The molecule has 3 heterocycles. The number of anilines is 1. The molecule has 0 aliphatic carbocycles. The predicted molar refractivity (Wildman–Crippen MR) is 112 cm³/mol. The van der Waals surface area contributed by atoms with Crippen molar-refractivity contribution >= 4 is 22.9 Å². The molecule has 0 radical (unpaired) electrons. The number of carbonyl (C=O) groups is 1. The number of amides is 1. The van der Waals surface area contributed by atoms with Crippen LogP contribution in [0.5, 0.6) is 0 Å². The van der Waals surface area contributed by atoms with Crippen LogP contribution in [0.25, 0.3) is 11.2 Å². The van der Waals surface area contributed by atoms with E-state index in [1.54, 1.807) is 42.3 Å². The molecule has 1 fully saturated rings. The largest absolute Gasteiger partial charge is 0.388 e. The lowest BCUT2D eigenvalue weighted by Gasteiger charge is -2.22. The molecule has 0 bridgehead atoms. The fourth-order valence-electron chi connectivity index (χ4n) is 3.63. The quantitative estimate of drug-likeness (QED) is 0.522. The third-order valence-corrected chi connectivity index (χ3v) is 5.21. The highest BCUT2D eigenvalue weighted by atomic mass is 16.6. The molecule has 4 atom stereocenters. The van der Waals surface area contributed by atoms with Crippen molar-refractivity contribution < 1.29 is 24.1 Å². The van der Waals surface area contributed by atoms with Crippen molar-refractivity contribution in [3.05, 3.63) is 48.5 Å². The van der Waals surface area contributed by atoms with Crippen LogP contribution in [0.15, 0.2) is 43.0 Å². The number of ether oxygens (including phenoxy) is 3. The van der Waals surface area contributed by atoms with Crippen molar-refractivity contribution in [2.45, 2.75) is 37.9 Å². The van der Waals surface area contributed by atoms with Gasteiger partial charge in [0, 0.05) is 12.7 Å². The van der Waals surface area contributed by atoms with Gasteiger partial charge in [0.25, 0.3) is 5.91 Å². The molecule has 31 heavy (non-hydrogen) atoms. The van der Waals surface area contributed by atoms with Crippen LogP contribution in [0, 0.1) is 0 Å². The molecule has 1 amide bonds. The zero-order valence-electron chi connectivity index (χ0n) is 17.3. The van der Waals surface area contributed by atoms with E-state index in [0.717, 1.165) is 0 Å². The molecule has 3 aromatic rings. The van der Waals surface area contributed by atoms with E-state index in [1.165, 1.54) is 6.33 Å². The van der Waals surface area contributed by atoms with E-state index in [1.807, 2.05) is 13.0 Å². The van der Waals surface area contributed by atoms with Gasteiger partial charge in [0.2, 0.25) is 0 Å². The van der Waals surface area contributed by atoms with E-state index in [0.29, 0.717) is 42.2 Å². The van der Waals surface area contributed by atoms with Gasteiger partial charge in [-0.25, -0.2) is 15.0 Å². The van der Waals surface area contributed by atoms with Gasteiger partial charge >= 0.3 is 0 Å². The van der Waals surface area contributed by atoms with Crippen molar-refractivity contribution in [2.75, 3.05) is 25.6 Å². The van der Waals surface area contributed by atoms with Crippen LogP contribution in [0.4, 0.5) is 5.82 Å². The highest BCUT2D eigenvalue weighted by Gasteiger charge is 2.45. The summed E-state index contributed by atoms with van der Waals surface area (Å²) < 4.78 is 18.7. The molecular formula is C21H25N5O5. The Hall–Kier alpha value is -2.92. The monoisotopic (exact) mass is 427 g/mol. The Bertz CT molecular complexity index is 1030. The van der Waals surface area contributed by atoms with Gasteiger partial charge in [0.1, 0.15) is 18.5 Å². The van der Waals surface area contributed by atoms with Crippen molar-refractivity contribution in [1.82, 2.24) is 19.5 Å². The predicted octanol–water partition coefficient (Wildman–Crippen LogP) is 1.78. The summed E-state index contributed by atoms with van der Waals surface area (Å²) in [7, 11) is 1.59. The SMILES string of the molecule is CC[C@H]1O[C@@H](n2cnc3c(NC(=O)c4ccccc4)ncnc32)[C@H](OCCOC)[C@@H]1O. The summed E-state index contributed by atoms with van der Waals surface area (Å²) in [5, 5.41) is 13.5. The summed E-state index contributed by atoms with van der Waals surface area (Å²) in [4.78, 5) is 25.5. The van der Waals surface area contributed by atoms with Crippen molar-refractivity contribution in [2.24, 2.45) is 0 Å². The standard InChI is InChI=1S/C21H25N5O5/c1-3-14-16(27)17(30-10-9-29-2)21(31-14)26-12-24-15-18(22-11-23-19(15)26)25-20(28)13-7-5-4-6-8-13/h4-8,11-12,14,16-17,21,27H,3,9-10H2,1-2H3,(H,22,23,25,28)/t14-,16-,17-,21-/m1/s1. The lowest BCUT2D eigenvalue weighted by Crippen LogP contribution is -2.34.